The first-order valence-electron chi connectivity index (χ1n) is 11.0. The molecule has 0 bridgehead atoms. The molecule has 1 aliphatic heterocycles. The molecule has 4 rings (SSSR count). The van der Waals surface area contributed by atoms with Crippen LogP contribution in [0.1, 0.15) is 38.4 Å². The number of para-hydroxylation sites is 2. The van der Waals surface area contributed by atoms with Gasteiger partial charge >= 0.3 is 5.97 Å². The van der Waals surface area contributed by atoms with Gasteiger partial charge < -0.3 is 19.9 Å². The van der Waals surface area contributed by atoms with E-state index in [-0.39, 0.29) is 17.6 Å². The molecule has 1 spiro atoms. The number of esters is 1. The maximum absolute atomic E-state index is 13.2. The molecule has 2 aromatic rings. The third-order valence-electron chi connectivity index (χ3n) is 5.98. The summed E-state index contributed by atoms with van der Waals surface area (Å²) in [4.78, 5) is 52.2. The van der Waals surface area contributed by atoms with Crippen LogP contribution in [0.15, 0.2) is 34.9 Å². The fraction of sp³-hybridized carbons (Fsp3) is 0.435. The van der Waals surface area contributed by atoms with Gasteiger partial charge in [-0.15, -0.1) is 11.8 Å². The predicted octanol–water partition coefficient (Wildman–Crippen LogP) is 2.88. The van der Waals surface area contributed by atoms with E-state index in [4.69, 9.17) is 9.26 Å². The van der Waals surface area contributed by atoms with Crippen LogP contribution in [0.5, 0.6) is 0 Å². The Balaban J connectivity index is 1.34. The number of anilines is 3. The van der Waals surface area contributed by atoms with Gasteiger partial charge in [0.05, 0.1) is 22.4 Å². The molecule has 0 unspecified atom stereocenters. The average Bonchev–Trinajstić information content (AvgIpc) is 3.46. The Labute approximate surface area is 200 Å². The molecule has 10 nitrogen and oxygen atoms in total. The molecule has 1 atom stereocenters. The first kappa shape index (κ1) is 23.8. The third kappa shape index (κ3) is 4.79. The van der Waals surface area contributed by atoms with Gasteiger partial charge in [-0.3, -0.25) is 24.1 Å². The lowest BCUT2D eigenvalue weighted by atomic mass is 9.90. The zero-order chi connectivity index (χ0) is 24.3. The van der Waals surface area contributed by atoms with Gasteiger partial charge in [0, 0.05) is 6.07 Å². The van der Waals surface area contributed by atoms with Crippen molar-refractivity contribution in [2.75, 3.05) is 27.9 Å². The van der Waals surface area contributed by atoms with Crippen LogP contribution in [0.3, 0.4) is 0 Å². The maximum Gasteiger partial charge on any atom is 0.316 e. The highest BCUT2D eigenvalue weighted by Crippen LogP contribution is 2.45. The zero-order valence-corrected chi connectivity index (χ0v) is 19.8. The molecule has 1 saturated carbocycles. The second-order valence-electron chi connectivity index (χ2n) is 8.37. The lowest BCUT2D eigenvalue weighted by molar-refractivity contribution is -0.145. The number of nitrogens with one attached hydrogen (secondary N) is 2. The monoisotopic (exact) mass is 486 g/mol. The first-order chi connectivity index (χ1) is 16.3. The van der Waals surface area contributed by atoms with E-state index in [0.717, 1.165) is 24.6 Å². The quantitative estimate of drug-likeness (QED) is 0.571. The summed E-state index contributed by atoms with van der Waals surface area (Å²) in [5.74, 6) is -0.850. The van der Waals surface area contributed by atoms with Crippen molar-refractivity contribution < 1.29 is 28.4 Å². The summed E-state index contributed by atoms with van der Waals surface area (Å²) in [5.41, 5.74) is 0.203. The molecule has 1 aliphatic carbocycles. The SMILES string of the molecule is Cc1cc(NC(=O)[C@@H](C)SCC(=O)OCC(=O)N2c3ccccc3NC(=O)C23CCCC3)no1. The Kier molecular flexibility index (Phi) is 6.92. The third-order valence-corrected chi connectivity index (χ3v) is 7.10. The number of rotatable bonds is 7. The highest BCUT2D eigenvalue weighted by molar-refractivity contribution is 8.01. The number of hydrogen-bond acceptors (Lipinski definition) is 8. The highest BCUT2D eigenvalue weighted by atomic mass is 32.2. The zero-order valence-electron chi connectivity index (χ0n) is 19.0. The minimum absolute atomic E-state index is 0.109. The number of amides is 3. The van der Waals surface area contributed by atoms with Crippen LogP contribution in [0.4, 0.5) is 17.2 Å². The van der Waals surface area contributed by atoms with Crippen molar-refractivity contribution in [3.8, 4) is 0 Å². The molecule has 0 saturated heterocycles. The minimum atomic E-state index is -0.960. The van der Waals surface area contributed by atoms with E-state index in [1.165, 1.54) is 4.90 Å². The van der Waals surface area contributed by atoms with Crippen molar-refractivity contribution in [2.45, 2.75) is 50.3 Å². The number of carbonyl (C=O) groups excluding carboxylic acids is 4. The normalized spacial score (nSPS) is 17.1. The minimum Gasteiger partial charge on any atom is -0.455 e. The Hall–Kier alpha value is -3.34. The van der Waals surface area contributed by atoms with Gasteiger partial charge in [-0.1, -0.05) is 30.1 Å². The smallest absolute Gasteiger partial charge is 0.316 e. The molecule has 3 amide bonds. The van der Waals surface area contributed by atoms with Crippen LogP contribution in [0.2, 0.25) is 0 Å². The van der Waals surface area contributed by atoms with Crippen LogP contribution >= 0.6 is 11.8 Å². The lowest BCUT2D eigenvalue weighted by Gasteiger charge is -2.44. The summed E-state index contributed by atoms with van der Waals surface area (Å²) in [7, 11) is 0. The van der Waals surface area contributed by atoms with Crippen molar-refractivity contribution in [3.63, 3.8) is 0 Å². The molecule has 0 radical (unpaired) electrons. The summed E-state index contributed by atoms with van der Waals surface area (Å²) in [6.07, 6.45) is 2.79. The second-order valence-corrected chi connectivity index (χ2v) is 9.69. The number of thioether (sulfide) groups is 1. The fourth-order valence-electron chi connectivity index (χ4n) is 4.30. The Morgan fingerprint density at radius 1 is 1.29 bits per heavy atom. The molecule has 180 valence electrons. The van der Waals surface area contributed by atoms with E-state index in [1.54, 1.807) is 44.2 Å². The van der Waals surface area contributed by atoms with E-state index in [9.17, 15) is 19.2 Å². The molecule has 1 aromatic carbocycles. The van der Waals surface area contributed by atoms with E-state index in [0.29, 0.717) is 35.8 Å². The average molecular weight is 487 g/mol. The molecule has 1 fully saturated rings. The van der Waals surface area contributed by atoms with Crippen molar-refractivity contribution in [2.24, 2.45) is 0 Å². The summed E-state index contributed by atoms with van der Waals surface area (Å²) in [6, 6.07) is 8.69. The number of hydrogen-bond donors (Lipinski definition) is 2. The number of aromatic nitrogens is 1. The van der Waals surface area contributed by atoms with Crippen molar-refractivity contribution in [3.05, 3.63) is 36.1 Å². The molecule has 1 aromatic heterocycles. The van der Waals surface area contributed by atoms with Crippen molar-refractivity contribution >= 4 is 52.6 Å². The van der Waals surface area contributed by atoms with Gasteiger partial charge in [-0.05, 0) is 38.8 Å². The number of aryl methyl sites for hydroxylation is 1. The summed E-state index contributed by atoms with van der Waals surface area (Å²) >= 11 is 1.08. The van der Waals surface area contributed by atoms with E-state index in [1.807, 2.05) is 0 Å². The van der Waals surface area contributed by atoms with Gasteiger partial charge in [-0.2, -0.15) is 0 Å². The molecule has 34 heavy (non-hydrogen) atoms. The molecule has 11 heteroatoms. The van der Waals surface area contributed by atoms with E-state index >= 15 is 0 Å². The fourth-order valence-corrected chi connectivity index (χ4v) is 4.98. The standard InChI is InChI=1S/C23H26N4O6S/c1-14-11-18(26-33-14)25-21(30)15(2)34-13-20(29)32-12-19(28)27-17-8-4-3-7-16(17)24-22(31)23(27)9-5-6-10-23/h3-4,7-8,11,15H,5-6,9-10,12-13H2,1-2H3,(H,24,31)(H,25,26,30)/t15-/m1/s1. The Bertz CT molecular complexity index is 1110. The van der Waals surface area contributed by atoms with Gasteiger partial charge in [0.15, 0.2) is 12.4 Å². The Morgan fingerprint density at radius 3 is 2.74 bits per heavy atom. The summed E-state index contributed by atoms with van der Waals surface area (Å²) < 4.78 is 10.1. The molecule has 2 heterocycles. The number of nitrogens with zero attached hydrogens (tertiary/aromatic N) is 2. The van der Waals surface area contributed by atoms with Crippen LogP contribution in [-0.4, -0.2) is 52.0 Å². The molecule has 2 N–H and O–H groups in total. The van der Waals surface area contributed by atoms with E-state index in [2.05, 4.69) is 15.8 Å². The largest absolute Gasteiger partial charge is 0.455 e. The predicted molar refractivity (Wildman–Crippen MR) is 127 cm³/mol. The van der Waals surface area contributed by atoms with Crippen molar-refractivity contribution in [1.82, 2.24) is 5.16 Å². The van der Waals surface area contributed by atoms with Gasteiger partial charge in [0.25, 0.3) is 11.8 Å². The first-order valence-corrected chi connectivity index (χ1v) is 12.1. The molecular weight excluding hydrogens is 460 g/mol. The van der Waals surface area contributed by atoms with Crippen LogP contribution in [0, 0.1) is 6.92 Å². The van der Waals surface area contributed by atoms with Gasteiger partial charge in [-0.25, -0.2) is 0 Å². The van der Waals surface area contributed by atoms with Crippen LogP contribution in [0.25, 0.3) is 0 Å². The van der Waals surface area contributed by atoms with Gasteiger partial charge in [0.2, 0.25) is 5.91 Å². The molecular formula is C23H26N4O6S. The lowest BCUT2D eigenvalue weighted by Crippen LogP contribution is -2.61. The number of fused-ring (bicyclic) bond motifs is 1. The number of benzene rings is 1. The van der Waals surface area contributed by atoms with Gasteiger partial charge in [0.1, 0.15) is 11.3 Å². The summed E-state index contributed by atoms with van der Waals surface area (Å²) in [5, 5.41) is 8.66. The number of carbonyl (C=O) groups is 4. The second kappa shape index (κ2) is 9.88. The number of ether oxygens (including phenoxy) is 1. The molecule has 2 aliphatic rings. The van der Waals surface area contributed by atoms with Crippen LogP contribution < -0.4 is 15.5 Å². The summed E-state index contributed by atoms with van der Waals surface area (Å²) in [6.45, 7) is 2.88. The van der Waals surface area contributed by atoms with E-state index < -0.39 is 29.3 Å². The maximum atomic E-state index is 13.2. The Morgan fingerprint density at radius 2 is 2.03 bits per heavy atom. The van der Waals surface area contributed by atoms with Crippen LogP contribution in [-0.2, 0) is 23.9 Å². The van der Waals surface area contributed by atoms with Crippen molar-refractivity contribution in [1.29, 1.82) is 0 Å². The topological polar surface area (TPSA) is 131 Å². The highest BCUT2D eigenvalue weighted by Gasteiger charge is 2.52.